The second kappa shape index (κ2) is 8.48. The normalized spacial score (nSPS) is 31.7. The number of hydrogen-bond donors (Lipinski definition) is 3. The van der Waals surface area contributed by atoms with E-state index in [4.69, 9.17) is 14.9 Å². The molecule has 4 aliphatic carbocycles. The Morgan fingerprint density at radius 1 is 1.00 bits per heavy atom. The molecule has 0 saturated heterocycles. The van der Waals surface area contributed by atoms with Crippen molar-refractivity contribution >= 4 is 11.9 Å². The van der Waals surface area contributed by atoms with Crippen LogP contribution in [-0.4, -0.2) is 47.4 Å². The number of unbranched alkanes of at least 4 members (excludes halogenated alkanes) is 2. The number of ether oxygens (including phenoxy) is 1. The van der Waals surface area contributed by atoms with Crippen LogP contribution >= 0.6 is 0 Å². The van der Waals surface area contributed by atoms with Crippen LogP contribution in [0.5, 0.6) is 0 Å². The molecule has 0 unspecified atom stereocenters. The van der Waals surface area contributed by atoms with Crippen molar-refractivity contribution in [1.82, 2.24) is 5.32 Å². The van der Waals surface area contributed by atoms with Gasteiger partial charge in [-0.2, -0.15) is 0 Å². The molecule has 4 fully saturated rings. The molecule has 154 valence electrons. The third-order valence-corrected chi connectivity index (χ3v) is 6.91. The van der Waals surface area contributed by atoms with Crippen molar-refractivity contribution in [3.63, 3.8) is 0 Å². The van der Waals surface area contributed by atoms with Crippen LogP contribution in [0.1, 0.15) is 71.1 Å². The second-order valence-electron chi connectivity index (χ2n) is 9.57. The summed E-state index contributed by atoms with van der Waals surface area (Å²) in [7, 11) is 0. The minimum atomic E-state index is -1.24. The van der Waals surface area contributed by atoms with Crippen molar-refractivity contribution < 1.29 is 24.5 Å². The maximum Gasteiger partial charge on any atom is 0.316 e. The second-order valence-corrected chi connectivity index (χ2v) is 9.57. The van der Waals surface area contributed by atoms with Crippen LogP contribution in [0.15, 0.2) is 0 Å². The lowest BCUT2D eigenvalue weighted by Crippen LogP contribution is -2.59. The fraction of sp³-hybridized carbons (Fsp3) is 0.905. The molecule has 0 aromatic carbocycles. The Labute approximate surface area is 162 Å². The highest BCUT2D eigenvalue weighted by atomic mass is 16.5. The number of carbonyl (C=O) groups is 2. The first-order chi connectivity index (χ1) is 12.9. The van der Waals surface area contributed by atoms with E-state index >= 15 is 0 Å². The molecule has 4 bridgehead atoms. The highest BCUT2D eigenvalue weighted by Crippen LogP contribution is 2.55. The summed E-state index contributed by atoms with van der Waals surface area (Å²) in [4.78, 5) is 24.2. The number of nitrogens with one attached hydrogen (secondary N) is 1. The van der Waals surface area contributed by atoms with E-state index in [0.717, 1.165) is 30.6 Å². The molecule has 0 aromatic heterocycles. The van der Waals surface area contributed by atoms with E-state index in [0.29, 0.717) is 12.8 Å². The third kappa shape index (κ3) is 4.83. The Morgan fingerprint density at radius 2 is 1.56 bits per heavy atom. The molecule has 4 rings (SSSR count). The van der Waals surface area contributed by atoms with E-state index in [1.165, 1.54) is 45.4 Å². The molecule has 6 nitrogen and oxygen atoms in total. The standard InChI is InChI=1S/C21H35NO5/c1-20(13-23,14-24)19(26)27-6-4-2-3-5-18(25)22-21-10-15-7-16(11-21)9-17(8-15)12-21/h15-17,23-24H,2-14H2,1H3,(H,22,25). The zero-order chi connectivity index (χ0) is 19.5. The van der Waals surface area contributed by atoms with Crippen LogP contribution < -0.4 is 5.32 Å². The predicted molar refractivity (Wildman–Crippen MR) is 101 cm³/mol. The van der Waals surface area contributed by atoms with E-state index in [1.54, 1.807) is 0 Å². The van der Waals surface area contributed by atoms with Gasteiger partial charge in [0.25, 0.3) is 0 Å². The van der Waals surface area contributed by atoms with Crippen molar-refractivity contribution in [2.45, 2.75) is 76.7 Å². The lowest BCUT2D eigenvalue weighted by molar-refractivity contribution is -0.160. The lowest BCUT2D eigenvalue weighted by Gasteiger charge is -2.56. The minimum absolute atomic E-state index is 0.0837. The molecule has 4 saturated carbocycles. The molecule has 0 atom stereocenters. The highest BCUT2D eigenvalue weighted by Gasteiger charge is 2.51. The monoisotopic (exact) mass is 381 g/mol. The van der Waals surface area contributed by atoms with Crippen LogP contribution in [0.4, 0.5) is 0 Å². The van der Waals surface area contributed by atoms with Crippen molar-refractivity contribution in [3.8, 4) is 0 Å². The van der Waals surface area contributed by atoms with E-state index in [-0.39, 0.29) is 18.1 Å². The Morgan fingerprint density at radius 3 is 2.07 bits per heavy atom. The van der Waals surface area contributed by atoms with Gasteiger partial charge in [-0.3, -0.25) is 9.59 Å². The van der Waals surface area contributed by atoms with Crippen LogP contribution in [0.2, 0.25) is 0 Å². The Balaban J connectivity index is 1.30. The molecular formula is C21H35NO5. The summed E-state index contributed by atoms with van der Waals surface area (Å²) in [6, 6.07) is 0. The summed E-state index contributed by atoms with van der Waals surface area (Å²) in [5, 5.41) is 21.7. The van der Waals surface area contributed by atoms with Gasteiger partial charge in [0.1, 0.15) is 5.41 Å². The van der Waals surface area contributed by atoms with Gasteiger partial charge in [-0.25, -0.2) is 0 Å². The first-order valence-corrected chi connectivity index (χ1v) is 10.6. The number of esters is 1. The molecule has 0 aliphatic heterocycles. The van der Waals surface area contributed by atoms with Gasteiger partial charge in [-0.05, 0) is 82.5 Å². The molecule has 0 aromatic rings. The molecule has 4 aliphatic rings. The summed E-state index contributed by atoms with van der Waals surface area (Å²) < 4.78 is 5.13. The van der Waals surface area contributed by atoms with Crippen LogP contribution in [0.3, 0.4) is 0 Å². The molecule has 27 heavy (non-hydrogen) atoms. The SMILES string of the molecule is CC(CO)(CO)C(=O)OCCCCCC(=O)NC12CC3CC(CC(C3)C1)C2. The van der Waals surface area contributed by atoms with Crippen LogP contribution in [-0.2, 0) is 14.3 Å². The highest BCUT2D eigenvalue weighted by molar-refractivity contribution is 5.77. The predicted octanol–water partition coefficient (Wildman–Crippen LogP) is 2.17. The molecule has 0 radical (unpaired) electrons. The Hall–Kier alpha value is -1.14. The average Bonchev–Trinajstić information content (AvgIpc) is 2.62. The molecule has 1 amide bonds. The van der Waals surface area contributed by atoms with Gasteiger partial charge in [0.15, 0.2) is 0 Å². The van der Waals surface area contributed by atoms with Crippen molar-refractivity contribution in [2.24, 2.45) is 23.2 Å². The van der Waals surface area contributed by atoms with Crippen LogP contribution in [0, 0.1) is 23.2 Å². The maximum absolute atomic E-state index is 12.4. The third-order valence-electron chi connectivity index (χ3n) is 6.91. The molecule has 0 spiro atoms. The minimum Gasteiger partial charge on any atom is -0.465 e. The Kier molecular flexibility index (Phi) is 6.46. The summed E-state index contributed by atoms with van der Waals surface area (Å²) in [6.07, 6.45) is 10.5. The number of hydrogen-bond acceptors (Lipinski definition) is 5. The fourth-order valence-electron chi connectivity index (χ4n) is 5.70. The number of amides is 1. The van der Waals surface area contributed by atoms with E-state index in [9.17, 15) is 9.59 Å². The van der Waals surface area contributed by atoms with E-state index < -0.39 is 24.6 Å². The maximum atomic E-state index is 12.4. The summed E-state index contributed by atoms with van der Waals surface area (Å²) in [5.74, 6) is 2.08. The zero-order valence-corrected chi connectivity index (χ0v) is 16.5. The molecule has 3 N–H and O–H groups in total. The number of carbonyl (C=O) groups excluding carboxylic acids is 2. The van der Waals surface area contributed by atoms with Gasteiger partial charge in [0.05, 0.1) is 19.8 Å². The smallest absolute Gasteiger partial charge is 0.316 e. The Bertz CT molecular complexity index is 507. The van der Waals surface area contributed by atoms with Gasteiger partial charge < -0.3 is 20.3 Å². The molecular weight excluding hydrogens is 346 g/mol. The van der Waals surface area contributed by atoms with Gasteiger partial charge >= 0.3 is 5.97 Å². The van der Waals surface area contributed by atoms with E-state index in [1.807, 2.05) is 0 Å². The summed E-state index contributed by atoms with van der Waals surface area (Å²) >= 11 is 0. The summed E-state index contributed by atoms with van der Waals surface area (Å²) in [5.41, 5.74) is -1.15. The van der Waals surface area contributed by atoms with Crippen molar-refractivity contribution in [3.05, 3.63) is 0 Å². The fourth-order valence-corrected chi connectivity index (χ4v) is 5.70. The quantitative estimate of drug-likeness (QED) is 0.398. The largest absolute Gasteiger partial charge is 0.465 e. The molecule has 0 heterocycles. The number of rotatable bonds is 10. The van der Waals surface area contributed by atoms with Crippen molar-refractivity contribution in [2.75, 3.05) is 19.8 Å². The van der Waals surface area contributed by atoms with Gasteiger partial charge in [-0.15, -0.1) is 0 Å². The zero-order valence-electron chi connectivity index (χ0n) is 16.5. The van der Waals surface area contributed by atoms with Crippen molar-refractivity contribution in [1.29, 1.82) is 0 Å². The first kappa shape index (κ1) is 20.6. The van der Waals surface area contributed by atoms with Gasteiger partial charge in [0, 0.05) is 12.0 Å². The van der Waals surface area contributed by atoms with Crippen LogP contribution in [0.25, 0.3) is 0 Å². The summed E-state index contributed by atoms with van der Waals surface area (Å²) in [6.45, 7) is 0.856. The number of aliphatic hydroxyl groups excluding tert-OH is 2. The van der Waals surface area contributed by atoms with Gasteiger partial charge in [0.2, 0.25) is 5.91 Å². The first-order valence-electron chi connectivity index (χ1n) is 10.6. The van der Waals surface area contributed by atoms with Gasteiger partial charge in [-0.1, -0.05) is 0 Å². The van der Waals surface area contributed by atoms with E-state index in [2.05, 4.69) is 5.32 Å². The lowest BCUT2D eigenvalue weighted by atomic mass is 9.53. The topological polar surface area (TPSA) is 95.9 Å². The number of aliphatic hydroxyl groups is 2. The molecule has 6 heteroatoms. The average molecular weight is 382 g/mol.